The maximum atomic E-state index is 11.8. The normalized spacial score (nSPS) is 11.5. The summed E-state index contributed by atoms with van der Waals surface area (Å²) < 4.78 is 25.6. The highest BCUT2D eigenvalue weighted by molar-refractivity contribution is 7.90. The molecule has 4 nitrogen and oxygen atoms in total. The largest absolute Gasteiger partial charge is 0.340 e. The highest BCUT2D eigenvalue weighted by Crippen LogP contribution is 2.33. The molecule has 0 aliphatic heterocycles. The molecule has 0 atom stereocenters. The molecule has 22 heavy (non-hydrogen) atoms. The molecule has 0 amide bonds. The number of sulfone groups is 1. The molecule has 0 N–H and O–H groups in total. The number of hydrogen-bond acceptors (Lipinski definition) is 3. The summed E-state index contributed by atoms with van der Waals surface area (Å²) in [5.41, 5.74) is 3.57. The summed E-state index contributed by atoms with van der Waals surface area (Å²) in [6.45, 7) is 0. The van der Waals surface area contributed by atoms with Crippen molar-refractivity contribution in [3.8, 4) is 22.4 Å². The molecule has 3 aromatic rings. The first kappa shape index (κ1) is 14.5. The van der Waals surface area contributed by atoms with E-state index < -0.39 is 9.84 Å². The van der Waals surface area contributed by atoms with Crippen LogP contribution in [0.1, 0.15) is 0 Å². The second-order valence-electron chi connectivity index (χ2n) is 5.27. The quantitative estimate of drug-likeness (QED) is 0.746. The molecular formula is C17H16N2O2S. The second kappa shape index (κ2) is 5.42. The first-order valence-electron chi connectivity index (χ1n) is 6.83. The molecule has 0 aliphatic carbocycles. The van der Waals surface area contributed by atoms with Crippen LogP contribution in [0.5, 0.6) is 0 Å². The molecule has 0 bridgehead atoms. The van der Waals surface area contributed by atoms with Crippen LogP contribution in [0.15, 0.2) is 66.0 Å². The van der Waals surface area contributed by atoms with Crippen molar-refractivity contribution in [2.24, 2.45) is 7.05 Å². The van der Waals surface area contributed by atoms with Gasteiger partial charge in [0.1, 0.15) is 0 Å². The van der Waals surface area contributed by atoms with Gasteiger partial charge in [-0.15, -0.1) is 0 Å². The smallest absolute Gasteiger partial charge is 0.175 e. The van der Waals surface area contributed by atoms with Crippen molar-refractivity contribution in [1.82, 2.24) is 9.55 Å². The lowest BCUT2D eigenvalue weighted by atomic mass is 9.98. The fourth-order valence-corrected chi connectivity index (χ4v) is 3.03. The highest BCUT2D eigenvalue weighted by Gasteiger charge is 2.14. The van der Waals surface area contributed by atoms with Crippen molar-refractivity contribution in [3.63, 3.8) is 0 Å². The molecule has 0 unspecified atom stereocenters. The minimum absolute atomic E-state index is 0.311. The second-order valence-corrected chi connectivity index (χ2v) is 7.29. The molecular weight excluding hydrogens is 296 g/mol. The summed E-state index contributed by atoms with van der Waals surface area (Å²) in [4.78, 5) is 4.69. The van der Waals surface area contributed by atoms with Gasteiger partial charge in [0.05, 0.1) is 16.9 Å². The van der Waals surface area contributed by atoms with Crippen LogP contribution < -0.4 is 0 Å². The predicted octanol–water partition coefficient (Wildman–Crippen LogP) is 3.16. The van der Waals surface area contributed by atoms with Crippen molar-refractivity contribution in [2.75, 3.05) is 6.26 Å². The van der Waals surface area contributed by atoms with Crippen LogP contribution in [-0.4, -0.2) is 24.2 Å². The Hall–Kier alpha value is -2.40. The molecule has 0 saturated heterocycles. The Kier molecular flexibility index (Phi) is 3.58. The molecule has 0 radical (unpaired) electrons. The monoisotopic (exact) mass is 312 g/mol. The van der Waals surface area contributed by atoms with Crippen molar-refractivity contribution >= 4 is 9.84 Å². The van der Waals surface area contributed by atoms with Gasteiger partial charge in [-0.3, -0.25) is 0 Å². The third-order valence-electron chi connectivity index (χ3n) is 3.48. The van der Waals surface area contributed by atoms with E-state index in [1.165, 1.54) is 6.26 Å². The average Bonchev–Trinajstić information content (AvgIpc) is 2.93. The van der Waals surface area contributed by atoms with Gasteiger partial charge in [-0.1, -0.05) is 36.4 Å². The zero-order valence-electron chi connectivity index (χ0n) is 12.4. The van der Waals surface area contributed by atoms with Crippen molar-refractivity contribution in [2.45, 2.75) is 4.90 Å². The van der Waals surface area contributed by atoms with Crippen LogP contribution in [0, 0.1) is 0 Å². The fourth-order valence-electron chi connectivity index (χ4n) is 2.39. The number of imidazole rings is 1. The number of benzene rings is 2. The molecule has 1 aromatic heterocycles. The first-order valence-corrected chi connectivity index (χ1v) is 8.72. The Morgan fingerprint density at radius 3 is 2.32 bits per heavy atom. The molecule has 112 valence electrons. The SMILES string of the molecule is Cn1cnc(-c2ccc(S(C)(=O)=O)cc2-c2ccccc2)c1. The summed E-state index contributed by atoms with van der Waals surface area (Å²) in [6.07, 6.45) is 4.87. The number of nitrogens with zero attached hydrogens (tertiary/aromatic N) is 2. The average molecular weight is 312 g/mol. The Morgan fingerprint density at radius 1 is 1.00 bits per heavy atom. The topological polar surface area (TPSA) is 52.0 Å². The van der Waals surface area contributed by atoms with Gasteiger partial charge in [-0.05, 0) is 23.3 Å². The number of rotatable bonds is 3. The van der Waals surface area contributed by atoms with E-state index >= 15 is 0 Å². The van der Waals surface area contributed by atoms with Gasteiger partial charge in [0.2, 0.25) is 0 Å². The lowest BCUT2D eigenvalue weighted by Gasteiger charge is -2.10. The van der Waals surface area contributed by atoms with E-state index in [0.717, 1.165) is 22.4 Å². The Balaban J connectivity index is 2.26. The van der Waals surface area contributed by atoms with Gasteiger partial charge in [0.15, 0.2) is 9.84 Å². The summed E-state index contributed by atoms with van der Waals surface area (Å²) in [5, 5.41) is 0. The van der Waals surface area contributed by atoms with Gasteiger partial charge in [-0.25, -0.2) is 13.4 Å². The van der Waals surface area contributed by atoms with E-state index in [-0.39, 0.29) is 0 Å². The van der Waals surface area contributed by atoms with Gasteiger partial charge >= 0.3 is 0 Å². The van der Waals surface area contributed by atoms with Crippen LogP contribution >= 0.6 is 0 Å². The minimum atomic E-state index is -3.25. The van der Waals surface area contributed by atoms with Gasteiger partial charge in [0.25, 0.3) is 0 Å². The summed E-state index contributed by atoms with van der Waals surface area (Å²) in [5.74, 6) is 0. The molecule has 1 heterocycles. The lowest BCUT2D eigenvalue weighted by molar-refractivity contribution is 0.602. The van der Waals surface area contributed by atoms with Gasteiger partial charge in [-0.2, -0.15) is 0 Å². The lowest BCUT2D eigenvalue weighted by Crippen LogP contribution is -1.98. The number of aromatic nitrogens is 2. The van der Waals surface area contributed by atoms with Crippen LogP contribution in [0.3, 0.4) is 0 Å². The first-order chi connectivity index (χ1) is 10.4. The highest BCUT2D eigenvalue weighted by atomic mass is 32.2. The molecule has 3 rings (SSSR count). The van der Waals surface area contributed by atoms with E-state index in [2.05, 4.69) is 4.98 Å². The van der Waals surface area contributed by atoms with E-state index in [0.29, 0.717) is 4.90 Å². The maximum absolute atomic E-state index is 11.8. The molecule has 5 heteroatoms. The third kappa shape index (κ3) is 2.80. The van der Waals surface area contributed by atoms with Crippen LogP contribution in [0.4, 0.5) is 0 Å². The molecule has 2 aromatic carbocycles. The van der Waals surface area contributed by atoms with Crippen LogP contribution in [-0.2, 0) is 16.9 Å². The Morgan fingerprint density at radius 2 is 1.73 bits per heavy atom. The molecule has 0 fully saturated rings. The van der Waals surface area contributed by atoms with Crippen molar-refractivity contribution < 1.29 is 8.42 Å². The van der Waals surface area contributed by atoms with E-state index in [4.69, 9.17) is 0 Å². The van der Waals surface area contributed by atoms with Gasteiger partial charge < -0.3 is 4.57 Å². The van der Waals surface area contributed by atoms with Crippen molar-refractivity contribution in [1.29, 1.82) is 0 Å². The van der Waals surface area contributed by atoms with Gasteiger partial charge in [0, 0.05) is 25.1 Å². The number of hydrogen-bond donors (Lipinski definition) is 0. The molecule has 0 spiro atoms. The molecule has 0 saturated carbocycles. The summed E-state index contributed by atoms with van der Waals surface area (Å²) >= 11 is 0. The van der Waals surface area contributed by atoms with Crippen molar-refractivity contribution in [3.05, 3.63) is 61.1 Å². The zero-order chi connectivity index (χ0) is 15.7. The van der Waals surface area contributed by atoms with E-state index in [9.17, 15) is 8.42 Å². The van der Waals surface area contributed by atoms with E-state index in [1.54, 1.807) is 18.5 Å². The minimum Gasteiger partial charge on any atom is -0.340 e. The van der Waals surface area contributed by atoms with Crippen LogP contribution in [0.2, 0.25) is 0 Å². The standard InChI is InChI=1S/C17H16N2O2S/c1-19-11-17(18-12-19)15-9-8-14(22(2,20)21)10-16(15)13-6-4-3-5-7-13/h3-12H,1-2H3. The third-order valence-corrected chi connectivity index (χ3v) is 4.60. The maximum Gasteiger partial charge on any atom is 0.175 e. The summed E-state index contributed by atoms with van der Waals surface area (Å²) in [7, 11) is -1.35. The fraction of sp³-hybridized carbons (Fsp3) is 0.118. The predicted molar refractivity (Wildman–Crippen MR) is 87.2 cm³/mol. The molecule has 0 aliphatic rings. The number of aryl methyl sites for hydroxylation is 1. The Bertz CT molecular complexity index is 913. The Labute approximate surface area is 130 Å². The summed E-state index contributed by atoms with van der Waals surface area (Å²) in [6, 6.07) is 14.9. The zero-order valence-corrected chi connectivity index (χ0v) is 13.2. The van der Waals surface area contributed by atoms with E-state index in [1.807, 2.05) is 54.2 Å². The van der Waals surface area contributed by atoms with Crippen LogP contribution in [0.25, 0.3) is 22.4 Å².